The highest BCUT2D eigenvalue weighted by Gasteiger charge is 2.26. The molecule has 2 amide bonds. The van der Waals surface area contributed by atoms with Crippen molar-refractivity contribution in [2.75, 3.05) is 5.32 Å². The first kappa shape index (κ1) is 21.5. The van der Waals surface area contributed by atoms with Gasteiger partial charge in [0.2, 0.25) is 0 Å². The average Bonchev–Trinajstić information content (AvgIpc) is 3.19. The van der Waals surface area contributed by atoms with Gasteiger partial charge in [0.1, 0.15) is 10.6 Å². The average molecular weight is 447 g/mol. The lowest BCUT2D eigenvalue weighted by molar-refractivity contribution is 0.0933. The molecule has 0 radical (unpaired) electrons. The van der Waals surface area contributed by atoms with Crippen molar-refractivity contribution < 1.29 is 9.59 Å². The fourth-order valence-electron chi connectivity index (χ4n) is 3.34. The molecule has 0 bridgehead atoms. The van der Waals surface area contributed by atoms with E-state index in [2.05, 4.69) is 15.6 Å². The Bertz CT molecular complexity index is 1310. The number of nitrogens with one attached hydrogen (secondary N) is 2. The van der Waals surface area contributed by atoms with E-state index in [0.29, 0.717) is 22.8 Å². The summed E-state index contributed by atoms with van der Waals surface area (Å²) in [5.41, 5.74) is 1.77. The first-order valence-electron chi connectivity index (χ1n) is 10.3. The highest BCUT2D eigenvalue weighted by molar-refractivity contribution is 7.19. The van der Waals surface area contributed by atoms with Gasteiger partial charge in [-0.2, -0.15) is 0 Å². The van der Waals surface area contributed by atoms with E-state index < -0.39 is 11.8 Å². The van der Waals surface area contributed by atoms with E-state index in [9.17, 15) is 14.4 Å². The van der Waals surface area contributed by atoms with E-state index in [1.54, 1.807) is 24.3 Å². The minimum Gasteiger partial charge on any atom is -0.347 e. The molecule has 7 nitrogen and oxygen atoms in total. The summed E-state index contributed by atoms with van der Waals surface area (Å²) in [6.45, 7) is 2.27. The van der Waals surface area contributed by atoms with Crippen LogP contribution in [0.25, 0.3) is 4.96 Å². The van der Waals surface area contributed by atoms with Crippen molar-refractivity contribution in [3.05, 3.63) is 98.9 Å². The molecule has 2 aromatic carbocycles. The van der Waals surface area contributed by atoms with Crippen LogP contribution in [-0.2, 0) is 13.0 Å². The number of benzene rings is 2. The van der Waals surface area contributed by atoms with E-state index >= 15 is 0 Å². The molecule has 0 aliphatic carbocycles. The second-order valence-corrected chi connectivity index (χ2v) is 8.20. The van der Waals surface area contributed by atoms with Crippen LogP contribution in [0, 0.1) is 0 Å². The van der Waals surface area contributed by atoms with E-state index in [1.807, 2.05) is 43.3 Å². The fourth-order valence-corrected chi connectivity index (χ4v) is 4.38. The second-order valence-electron chi connectivity index (χ2n) is 7.22. The number of fused-ring (bicyclic) bond motifs is 1. The quantitative estimate of drug-likeness (QED) is 0.450. The van der Waals surface area contributed by atoms with Gasteiger partial charge in [-0.25, -0.2) is 9.38 Å². The van der Waals surface area contributed by atoms with Gasteiger partial charge in [-0.1, -0.05) is 73.2 Å². The maximum atomic E-state index is 13.2. The van der Waals surface area contributed by atoms with Gasteiger partial charge in [-0.15, -0.1) is 0 Å². The minimum atomic E-state index is -0.509. The SMILES string of the molecule is CCCc1cc(=O)n2c(C(=O)NCc3ccccc3)c(C(=O)Nc3ccccc3)sc2n1. The number of hydrogen-bond acceptors (Lipinski definition) is 5. The number of rotatable bonds is 7. The molecule has 4 aromatic rings. The van der Waals surface area contributed by atoms with Crippen molar-refractivity contribution in [2.24, 2.45) is 0 Å². The van der Waals surface area contributed by atoms with Crippen LogP contribution in [-0.4, -0.2) is 21.2 Å². The van der Waals surface area contributed by atoms with Crippen molar-refractivity contribution in [3.63, 3.8) is 0 Å². The third-order valence-electron chi connectivity index (χ3n) is 4.83. The molecule has 32 heavy (non-hydrogen) atoms. The topological polar surface area (TPSA) is 92.6 Å². The van der Waals surface area contributed by atoms with Crippen LogP contribution in [0.15, 0.2) is 71.5 Å². The zero-order valence-electron chi connectivity index (χ0n) is 17.5. The molecule has 0 saturated heterocycles. The smallest absolute Gasteiger partial charge is 0.270 e. The predicted octanol–water partition coefficient (Wildman–Crippen LogP) is 3.89. The van der Waals surface area contributed by atoms with Gasteiger partial charge in [-0.05, 0) is 24.1 Å². The van der Waals surface area contributed by atoms with Gasteiger partial charge in [-0.3, -0.25) is 14.4 Å². The number of amides is 2. The lowest BCUT2D eigenvalue weighted by Gasteiger charge is -2.08. The molecular weight excluding hydrogens is 424 g/mol. The monoisotopic (exact) mass is 446 g/mol. The van der Waals surface area contributed by atoms with Gasteiger partial charge < -0.3 is 10.6 Å². The van der Waals surface area contributed by atoms with Crippen LogP contribution in [0.3, 0.4) is 0 Å². The summed E-state index contributed by atoms with van der Waals surface area (Å²) in [7, 11) is 0. The first-order chi connectivity index (χ1) is 15.6. The molecule has 2 aromatic heterocycles. The Balaban J connectivity index is 1.74. The standard InChI is InChI=1S/C24H22N4O3S/c1-2-9-18-14-19(29)28-20(22(30)25-15-16-10-5-3-6-11-16)21(32-24(28)27-18)23(31)26-17-12-7-4-8-13-17/h3-8,10-14H,2,9,15H2,1H3,(H,25,30)(H,26,31). The van der Waals surface area contributed by atoms with Crippen LogP contribution in [0.1, 0.15) is 44.8 Å². The van der Waals surface area contributed by atoms with Crippen molar-refractivity contribution in [1.82, 2.24) is 14.7 Å². The molecule has 4 rings (SSSR count). The first-order valence-corrected chi connectivity index (χ1v) is 11.1. The molecule has 0 aliphatic rings. The number of thiazole rings is 1. The van der Waals surface area contributed by atoms with Gasteiger partial charge in [0.05, 0.1) is 0 Å². The minimum absolute atomic E-state index is 0.00471. The number of para-hydroxylation sites is 1. The van der Waals surface area contributed by atoms with Crippen molar-refractivity contribution in [3.8, 4) is 0 Å². The van der Waals surface area contributed by atoms with Crippen molar-refractivity contribution in [2.45, 2.75) is 26.3 Å². The molecule has 0 atom stereocenters. The normalized spacial score (nSPS) is 10.8. The molecule has 8 heteroatoms. The molecule has 0 saturated carbocycles. The summed E-state index contributed by atoms with van der Waals surface area (Å²) in [4.78, 5) is 44.1. The Morgan fingerprint density at radius 2 is 1.69 bits per heavy atom. The van der Waals surface area contributed by atoms with Crippen LogP contribution >= 0.6 is 11.3 Å². The summed E-state index contributed by atoms with van der Waals surface area (Å²) < 4.78 is 1.23. The highest BCUT2D eigenvalue weighted by atomic mass is 32.1. The maximum absolute atomic E-state index is 13.2. The summed E-state index contributed by atoms with van der Waals surface area (Å²) in [6, 6.07) is 19.8. The number of aryl methyl sites for hydroxylation is 1. The lowest BCUT2D eigenvalue weighted by Crippen LogP contribution is -2.30. The number of carbonyl (C=O) groups is 2. The lowest BCUT2D eigenvalue weighted by atomic mass is 10.2. The zero-order chi connectivity index (χ0) is 22.5. The number of aromatic nitrogens is 2. The number of anilines is 1. The Morgan fingerprint density at radius 1 is 1.00 bits per heavy atom. The molecule has 0 unspecified atom stereocenters. The van der Waals surface area contributed by atoms with E-state index in [-0.39, 0.29) is 22.7 Å². The Labute approximate surface area is 188 Å². The molecule has 0 fully saturated rings. The molecule has 2 heterocycles. The van der Waals surface area contributed by atoms with Gasteiger partial charge >= 0.3 is 0 Å². The third kappa shape index (κ3) is 4.60. The summed E-state index contributed by atoms with van der Waals surface area (Å²) in [5.74, 6) is -0.974. The van der Waals surface area contributed by atoms with Crippen LogP contribution in [0.4, 0.5) is 5.69 Å². The summed E-state index contributed by atoms with van der Waals surface area (Å²) >= 11 is 1.03. The number of nitrogens with zero attached hydrogens (tertiary/aromatic N) is 2. The summed E-state index contributed by atoms with van der Waals surface area (Å²) in [6.07, 6.45) is 1.48. The third-order valence-corrected chi connectivity index (χ3v) is 5.87. The van der Waals surface area contributed by atoms with Gasteiger partial charge in [0.15, 0.2) is 4.96 Å². The number of hydrogen-bond donors (Lipinski definition) is 2. The maximum Gasteiger partial charge on any atom is 0.270 e. The molecular formula is C24H22N4O3S. The second kappa shape index (κ2) is 9.57. The van der Waals surface area contributed by atoms with E-state index in [1.165, 1.54) is 10.5 Å². The largest absolute Gasteiger partial charge is 0.347 e. The van der Waals surface area contributed by atoms with Crippen LogP contribution in [0.5, 0.6) is 0 Å². The Morgan fingerprint density at radius 3 is 2.38 bits per heavy atom. The van der Waals surface area contributed by atoms with Crippen molar-refractivity contribution >= 4 is 33.8 Å². The molecule has 0 aliphatic heterocycles. The zero-order valence-corrected chi connectivity index (χ0v) is 18.3. The van der Waals surface area contributed by atoms with Crippen LogP contribution in [0.2, 0.25) is 0 Å². The molecule has 0 spiro atoms. The number of carbonyl (C=O) groups excluding carboxylic acids is 2. The van der Waals surface area contributed by atoms with Gasteiger partial charge in [0.25, 0.3) is 17.4 Å². The predicted molar refractivity (Wildman–Crippen MR) is 125 cm³/mol. The molecule has 162 valence electrons. The Kier molecular flexibility index (Phi) is 6.42. The van der Waals surface area contributed by atoms with Gasteiger partial charge in [0, 0.05) is 24.0 Å². The Hall–Kier alpha value is -3.78. The van der Waals surface area contributed by atoms with Crippen molar-refractivity contribution in [1.29, 1.82) is 0 Å². The summed E-state index contributed by atoms with van der Waals surface area (Å²) in [5, 5.41) is 5.62. The van der Waals surface area contributed by atoms with E-state index in [4.69, 9.17) is 0 Å². The van der Waals surface area contributed by atoms with E-state index in [0.717, 1.165) is 23.3 Å². The van der Waals surface area contributed by atoms with Crippen LogP contribution < -0.4 is 16.2 Å². The fraction of sp³-hybridized carbons (Fsp3) is 0.167. The highest BCUT2D eigenvalue weighted by Crippen LogP contribution is 2.23. The molecule has 2 N–H and O–H groups in total.